The standard InChI is InChI=1S/C14H19FN2O2/c1-9-7-11(5-6-12(9)15)14(19)17(4)8-10(2)13(18)16-3/h5-7,10H,8H2,1-4H3,(H,16,18). The second kappa shape index (κ2) is 6.31. The van der Waals surface area contributed by atoms with Crippen LogP contribution >= 0.6 is 0 Å². The molecule has 2 amide bonds. The van der Waals surface area contributed by atoms with Crippen LogP contribution in [0.5, 0.6) is 0 Å². The van der Waals surface area contributed by atoms with Crippen LogP contribution in [-0.2, 0) is 4.79 Å². The van der Waals surface area contributed by atoms with E-state index in [-0.39, 0.29) is 23.5 Å². The van der Waals surface area contributed by atoms with Crippen molar-refractivity contribution in [2.75, 3.05) is 20.6 Å². The van der Waals surface area contributed by atoms with Crippen molar-refractivity contribution in [3.8, 4) is 0 Å². The fraction of sp³-hybridized carbons (Fsp3) is 0.429. The predicted molar refractivity (Wildman–Crippen MR) is 71.3 cm³/mol. The lowest BCUT2D eigenvalue weighted by molar-refractivity contribution is -0.124. The molecule has 1 aromatic carbocycles. The molecule has 1 rings (SSSR count). The second-order valence-corrected chi connectivity index (χ2v) is 4.66. The first kappa shape index (κ1) is 15.1. The van der Waals surface area contributed by atoms with E-state index < -0.39 is 0 Å². The molecule has 19 heavy (non-hydrogen) atoms. The van der Waals surface area contributed by atoms with Crippen molar-refractivity contribution in [2.45, 2.75) is 13.8 Å². The number of amides is 2. The van der Waals surface area contributed by atoms with Crippen LogP contribution in [0.4, 0.5) is 4.39 Å². The van der Waals surface area contributed by atoms with Gasteiger partial charge in [0.1, 0.15) is 5.82 Å². The molecule has 0 fully saturated rings. The molecule has 104 valence electrons. The fourth-order valence-electron chi connectivity index (χ4n) is 1.82. The molecule has 0 aromatic heterocycles. The lowest BCUT2D eigenvalue weighted by Crippen LogP contribution is -2.37. The maximum atomic E-state index is 13.1. The van der Waals surface area contributed by atoms with Gasteiger partial charge in [0, 0.05) is 26.2 Å². The molecular formula is C14H19FN2O2. The Bertz CT molecular complexity index is 488. The number of aryl methyl sites for hydroxylation is 1. The number of hydrogen-bond acceptors (Lipinski definition) is 2. The molecule has 0 saturated heterocycles. The number of benzene rings is 1. The number of carbonyl (C=O) groups excluding carboxylic acids is 2. The van der Waals surface area contributed by atoms with Gasteiger partial charge in [-0.05, 0) is 30.7 Å². The van der Waals surface area contributed by atoms with Gasteiger partial charge >= 0.3 is 0 Å². The van der Waals surface area contributed by atoms with Gasteiger partial charge in [0.25, 0.3) is 5.91 Å². The molecule has 1 N–H and O–H groups in total. The Kier molecular flexibility index (Phi) is 5.03. The largest absolute Gasteiger partial charge is 0.359 e. The zero-order valence-electron chi connectivity index (χ0n) is 11.7. The quantitative estimate of drug-likeness (QED) is 0.899. The Morgan fingerprint density at radius 1 is 1.42 bits per heavy atom. The maximum absolute atomic E-state index is 13.1. The summed E-state index contributed by atoms with van der Waals surface area (Å²) in [5.74, 6) is -0.966. The van der Waals surface area contributed by atoms with Gasteiger partial charge in [-0.1, -0.05) is 6.92 Å². The molecule has 0 heterocycles. The van der Waals surface area contributed by atoms with Crippen molar-refractivity contribution in [1.29, 1.82) is 0 Å². The number of nitrogens with one attached hydrogen (secondary N) is 1. The molecule has 4 nitrogen and oxygen atoms in total. The fourth-order valence-corrected chi connectivity index (χ4v) is 1.82. The maximum Gasteiger partial charge on any atom is 0.253 e. The van der Waals surface area contributed by atoms with Crippen molar-refractivity contribution in [3.05, 3.63) is 35.1 Å². The smallest absolute Gasteiger partial charge is 0.253 e. The van der Waals surface area contributed by atoms with Crippen molar-refractivity contribution in [3.63, 3.8) is 0 Å². The molecule has 5 heteroatoms. The minimum absolute atomic E-state index is 0.116. The molecule has 0 aliphatic carbocycles. The molecule has 1 unspecified atom stereocenters. The Balaban J connectivity index is 2.76. The molecule has 1 aromatic rings. The molecule has 0 aliphatic heterocycles. The highest BCUT2D eigenvalue weighted by Gasteiger charge is 2.18. The Morgan fingerprint density at radius 2 is 2.05 bits per heavy atom. The molecule has 0 radical (unpaired) electrons. The molecule has 1 atom stereocenters. The van der Waals surface area contributed by atoms with E-state index in [0.717, 1.165) is 0 Å². The van der Waals surface area contributed by atoms with Gasteiger partial charge in [0.05, 0.1) is 5.92 Å². The lowest BCUT2D eigenvalue weighted by Gasteiger charge is -2.21. The van der Waals surface area contributed by atoms with E-state index >= 15 is 0 Å². The van der Waals surface area contributed by atoms with Crippen LogP contribution in [0.2, 0.25) is 0 Å². The Hall–Kier alpha value is -1.91. The zero-order valence-corrected chi connectivity index (χ0v) is 11.7. The van der Waals surface area contributed by atoms with Crippen molar-refractivity contribution >= 4 is 11.8 Å². The van der Waals surface area contributed by atoms with Gasteiger partial charge in [-0.25, -0.2) is 4.39 Å². The number of rotatable bonds is 4. The van der Waals surface area contributed by atoms with Gasteiger partial charge in [0.2, 0.25) is 5.91 Å². The first-order valence-electron chi connectivity index (χ1n) is 6.10. The summed E-state index contributed by atoms with van der Waals surface area (Å²) >= 11 is 0. The summed E-state index contributed by atoms with van der Waals surface area (Å²) in [6.45, 7) is 3.67. The summed E-state index contributed by atoms with van der Waals surface area (Å²) < 4.78 is 13.1. The minimum atomic E-state index is -0.335. The topological polar surface area (TPSA) is 49.4 Å². The first-order valence-corrected chi connectivity index (χ1v) is 6.10. The van der Waals surface area contributed by atoms with Crippen molar-refractivity contribution in [2.24, 2.45) is 5.92 Å². The number of hydrogen-bond donors (Lipinski definition) is 1. The molecule has 0 aliphatic rings. The highest BCUT2D eigenvalue weighted by Crippen LogP contribution is 2.12. The van der Waals surface area contributed by atoms with Crippen molar-refractivity contribution < 1.29 is 14.0 Å². The van der Waals surface area contributed by atoms with Crippen LogP contribution in [0.25, 0.3) is 0 Å². The lowest BCUT2D eigenvalue weighted by atomic mass is 10.1. The second-order valence-electron chi connectivity index (χ2n) is 4.66. The summed E-state index contributed by atoms with van der Waals surface area (Å²) in [5.41, 5.74) is 0.851. The van der Waals surface area contributed by atoms with Crippen LogP contribution in [0, 0.1) is 18.7 Å². The number of halogens is 1. The van der Waals surface area contributed by atoms with E-state index in [2.05, 4.69) is 5.32 Å². The van der Waals surface area contributed by atoms with Crippen LogP contribution in [0.1, 0.15) is 22.8 Å². The summed E-state index contributed by atoms with van der Waals surface area (Å²) in [6, 6.07) is 4.24. The third-order valence-electron chi connectivity index (χ3n) is 2.99. The van der Waals surface area contributed by atoms with Gasteiger partial charge in [-0.3, -0.25) is 9.59 Å². The summed E-state index contributed by atoms with van der Waals surface area (Å²) in [6.07, 6.45) is 0. The number of nitrogens with zero attached hydrogens (tertiary/aromatic N) is 1. The van der Waals surface area contributed by atoms with E-state index in [4.69, 9.17) is 0 Å². The Morgan fingerprint density at radius 3 is 2.58 bits per heavy atom. The molecular weight excluding hydrogens is 247 g/mol. The number of carbonyl (C=O) groups is 2. The van der Waals surface area contributed by atoms with Crippen LogP contribution in [0.3, 0.4) is 0 Å². The average Bonchev–Trinajstić information content (AvgIpc) is 2.39. The van der Waals surface area contributed by atoms with Gasteiger partial charge in [-0.15, -0.1) is 0 Å². The normalized spacial score (nSPS) is 11.8. The monoisotopic (exact) mass is 266 g/mol. The summed E-state index contributed by atoms with van der Waals surface area (Å²) in [7, 11) is 3.18. The highest BCUT2D eigenvalue weighted by molar-refractivity contribution is 5.94. The van der Waals surface area contributed by atoms with E-state index in [0.29, 0.717) is 17.7 Å². The minimum Gasteiger partial charge on any atom is -0.359 e. The highest BCUT2D eigenvalue weighted by atomic mass is 19.1. The van der Waals surface area contributed by atoms with E-state index in [9.17, 15) is 14.0 Å². The van der Waals surface area contributed by atoms with Crippen molar-refractivity contribution in [1.82, 2.24) is 10.2 Å². The van der Waals surface area contributed by atoms with E-state index in [1.165, 1.54) is 23.1 Å². The molecule has 0 saturated carbocycles. The molecule has 0 spiro atoms. The first-order chi connectivity index (χ1) is 8.86. The third kappa shape index (κ3) is 3.77. The third-order valence-corrected chi connectivity index (χ3v) is 2.99. The summed E-state index contributed by atoms with van der Waals surface area (Å²) in [4.78, 5) is 25.0. The average molecular weight is 266 g/mol. The van der Waals surface area contributed by atoms with Crippen LogP contribution < -0.4 is 5.32 Å². The predicted octanol–water partition coefficient (Wildman–Crippen LogP) is 1.59. The van der Waals surface area contributed by atoms with E-state index in [1.54, 1.807) is 27.9 Å². The van der Waals surface area contributed by atoms with E-state index in [1.807, 2.05) is 0 Å². The Labute approximate surface area is 112 Å². The zero-order chi connectivity index (χ0) is 14.6. The van der Waals surface area contributed by atoms with Gasteiger partial charge < -0.3 is 10.2 Å². The molecule has 0 bridgehead atoms. The summed E-state index contributed by atoms with van der Waals surface area (Å²) in [5, 5.41) is 2.54. The van der Waals surface area contributed by atoms with Gasteiger partial charge in [0.15, 0.2) is 0 Å². The van der Waals surface area contributed by atoms with Crippen LogP contribution in [-0.4, -0.2) is 37.4 Å². The van der Waals surface area contributed by atoms with Gasteiger partial charge in [-0.2, -0.15) is 0 Å². The SMILES string of the molecule is CNC(=O)C(C)CN(C)C(=O)c1ccc(F)c(C)c1. The van der Waals surface area contributed by atoms with Crippen LogP contribution in [0.15, 0.2) is 18.2 Å².